The summed E-state index contributed by atoms with van der Waals surface area (Å²) in [4.78, 5) is 23.4. The SMILES string of the molecule is CCOc1ccc(C(OC(C)=O)c2cc(Cl)ccc2NC(C)=O)c(OC)c1. The fourth-order valence-electron chi connectivity index (χ4n) is 2.68. The van der Waals surface area contributed by atoms with E-state index in [9.17, 15) is 9.59 Å². The summed E-state index contributed by atoms with van der Waals surface area (Å²) >= 11 is 6.16. The van der Waals surface area contributed by atoms with Gasteiger partial charge in [0, 0.05) is 41.8 Å². The van der Waals surface area contributed by atoms with Gasteiger partial charge in [0.25, 0.3) is 0 Å². The van der Waals surface area contributed by atoms with E-state index in [1.165, 1.54) is 21.0 Å². The summed E-state index contributed by atoms with van der Waals surface area (Å²) in [5, 5.41) is 3.18. The molecule has 0 saturated carbocycles. The van der Waals surface area contributed by atoms with Crippen molar-refractivity contribution in [1.82, 2.24) is 0 Å². The molecule has 1 amide bonds. The van der Waals surface area contributed by atoms with Crippen molar-refractivity contribution in [2.24, 2.45) is 0 Å². The highest BCUT2D eigenvalue weighted by molar-refractivity contribution is 6.30. The highest BCUT2D eigenvalue weighted by atomic mass is 35.5. The highest BCUT2D eigenvalue weighted by Crippen LogP contribution is 2.39. The van der Waals surface area contributed by atoms with Crippen LogP contribution in [0.15, 0.2) is 36.4 Å². The quantitative estimate of drug-likeness (QED) is 0.710. The highest BCUT2D eigenvalue weighted by Gasteiger charge is 2.25. The lowest BCUT2D eigenvalue weighted by Crippen LogP contribution is -2.15. The number of benzene rings is 2. The van der Waals surface area contributed by atoms with Crippen molar-refractivity contribution in [1.29, 1.82) is 0 Å². The van der Waals surface area contributed by atoms with Crippen molar-refractivity contribution in [2.75, 3.05) is 19.0 Å². The fourth-order valence-corrected chi connectivity index (χ4v) is 2.86. The van der Waals surface area contributed by atoms with Crippen LogP contribution < -0.4 is 14.8 Å². The summed E-state index contributed by atoms with van der Waals surface area (Å²) < 4.78 is 16.5. The average Bonchev–Trinajstić information content (AvgIpc) is 2.61. The first-order valence-electron chi connectivity index (χ1n) is 8.40. The lowest BCUT2D eigenvalue weighted by Gasteiger charge is -2.23. The minimum atomic E-state index is -0.825. The Morgan fingerprint density at radius 3 is 2.44 bits per heavy atom. The third kappa shape index (κ3) is 5.37. The Morgan fingerprint density at radius 2 is 1.85 bits per heavy atom. The number of nitrogens with one attached hydrogen (secondary N) is 1. The number of carbonyl (C=O) groups is 2. The lowest BCUT2D eigenvalue weighted by molar-refractivity contribution is -0.144. The van der Waals surface area contributed by atoms with E-state index in [2.05, 4.69) is 5.32 Å². The summed E-state index contributed by atoms with van der Waals surface area (Å²) in [6, 6.07) is 10.2. The maximum atomic E-state index is 11.8. The Hall–Kier alpha value is -2.73. The third-order valence-corrected chi connectivity index (χ3v) is 3.92. The van der Waals surface area contributed by atoms with Crippen LogP contribution in [0.2, 0.25) is 5.02 Å². The molecular formula is C20H22ClNO5. The van der Waals surface area contributed by atoms with Gasteiger partial charge >= 0.3 is 5.97 Å². The van der Waals surface area contributed by atoms with E-state index in [1.54, 1.807) is 36.4 Å². The standard InChI is InChI=1S/C20H22ClNO5/c1-5-26-15-7-8-16(19(11-15)25-4)20(27-13(3)24)17-10-14(21)6-9-18(17)22-12(2)23/h6-11,20H,5H2,1-4H3,(H,22,23). The molecule has 0 fully saturated rings. The van der Waals surface area contributed by atoms with E-state index in [4.69, 9.17) is 25.8 Å². The summed E-state index contributed by atoms with van der Waals surface area (Å²) in [6.07, 6.45) is -0.825. The first-order chi connectivity index (χ1) is 12.8. The molecule has 144 valence electrons. The van der Waals surface area contributed by atoms with E-state index in [-0.39, 0.29) is 5.91 Å². The summed E-state index contributed by atoms with van der Waals surface area (Å²) in [6.45, 7) is 5.11. The Labute approximate surface area is 163 Å². The topological polar surface area (TPSA) is 73.9 Å². The van der Waals surface area contributed by atoms with Gasteiger partial charge in [-0.2, -0.15) is 0 Å². The van der Waals surface area contributed by atoms with E-state index in [0.717, 1.165) is 0 Å². The maximum Gasteiger partial charge on any atom is 0.303 e. The van der Waals surface area contributed by atoms with Gasteiger partial charge in [-0.05, 0) is 37.3 Å². The van der Waals surface area contributed by atoms with Crippen molar-refractivity contribution < 1.29 is 23.8 Å². The van der Waals surface area contributed by atoms with E-state index >= 15 is 0 Å². The Balaban J connectivity index is 2.62. The zero-order valence-electron chi connectivity index (χ0n) is 15.7. The van der Waals surface area contributed by atoms with Crippen LogP contribution in [-0.2, 0) is 14.3 Å². The average molecular weight is 392 g/mol. The molecule has 0 spiro atoms. The molecule has 0 heterocycles. The number of esters is 1. The van der Waals surface area contributed by atoms with Crippen LogP contribution in [0.5, 0.6) is 11.5 Å². The molecule has 2 rings (SSSR count). The molecule has 0 aliphatic heterocycles. The lowest BCUT2D eigenvalue weighted by atomic mass is 9.98. The molecule has 0 aliphatic carbocycles. The van der Waals surface area contributed by atoms with Gasteiger partial charge < -0.3 is 19.5 Å². The smallest absolute Gasteiger partial charge is 0.303 e. The predicted molar refractivity (Wildman–Crippen MR) is 104 cm³/mol. The second kappa shape index (κ2) is 9.28. The number of carbonyl (C=O) groups excluding carboxylic acids is 2. The molecule has 1 atom stereocenters. The van der Waals surface area contributed by atoms with Gasteiger partial charge in [0.05, 0.1) is 13.7 Å². The van der Waals surface area contributed by atoms with Crippen LogP contribution in [0.1, 0.15) is 38.0 Å². The van der Waals surface area contributed by atoms with Gasteiger partial charge in [0.15, 0.2) is 6.10 Å². The van der Waals surface area contributed by atoms with Gasteiger partial charge in [-0.15, -0.1) is 0 Å². The van der Waals surface area contributed by atoms with Crippen molar-refractivity contribution >= 4 is 29.2 Å². The van der Waals surface area contributed by atoms with Gasteiger partial charge in [0.2, 0.25) is 5.91 Å². The number of methoxy groups -OCH3 is 1. The molecule has 2 aromatic carbocycles. The van der Waals surface area contributed by atoms with E-state index < -0.39 is 12.1 Å². The number of hydrogen-bond donors (Lipinski definition) is 1. The largest absolute Gasteiger partial charge is 0.496 e. The van der Waals surface area contributed by atoms with Crippen molar-refractivity contribution in [3.63, 3.8) is 0 Å². The monoisotopic (exact) mass is 391 g/mol. The van der Waals surface area contributed by atoms with Gasteiger partial charge in [-0.3, -0.25) is 9.59 Å². The first kappa shape index (κ1) is 20.6. The second-order valence-electron chi connectivity index (χ2n) is 5.74. The Morgan fingerprint density at radius 1 is 1.11 bits per heavy atom. The van der Waals surface area contributed by atoms with Crippen LogP contribution in [0, 0.1) is 0 Å². The molecule has 7 heteroatoms. The van der Waals surface area contributed by atoms with Gasteiger partial charge in [-0.1, -0.05) is 11.6 Å². The normalized spacial score (nSPS) is 11.4. The molecule has 0 aromatic heterocycles. The summed E-state index contributed by atoms with van der Waals surface area (Å²) in [5.74, 6) is 0.386. The minimum absolute atomic E-state index is 0.251. The van der Waals surface area contributed by atoms with E-state index in [1.807, 2.05) is 6.92 Å². The molecule has 2 aromatic rings. The molecular weight excluding hydrogens is 370 g/mol. The molecule has 0 radical (unpaired) electrons. The van der Waals surface area contributed by atoms with Crippen LogP contribution in [0.3, 0.4) is 0 Å². The number of amides is 1. The number of ether oxygens (including phenoxy) is 3. The van der Waals surface area contributed by atoms with E-state index in [0.29, 0.717) is 39.9 Å². The van der Waals surface area contributed by atoms with Crippen LogP contribution in [0.4, 0.5) is 5.69 Å². The minimum Gasteiger partial charge on any atom is -0.496 e. The maximum absolute atomic E-state index is 11.8. The zero-order valence-corrected chi connectivity index (χ0v) is 16.4. The molecule has 1 unspecified atom stereocenters. The van der Waals surface area contributed by atoms with Crippen molar-refractivity contribution in [3.05, 3.63) is 52.5 Å². The number of halogens is 1. The molecule has 0 bridgehead atoms. The van der Waals surface area contributed by atoms with Gasteiger partial charge in [0.1, 0.15) is 11.5 Å². The van der Waals surface area contributed by atoms with Crippen LogP contribution in [0.25, 0.3) is 0 Å². The number of hydrogen-bond acceptors (Lipinski definition) is 5. The number of rotatable bonds is 7. The van der Waals surface area contributed by atoms with Crippen LogP contribution >= 0.6 is 11.6 Å². The molecule has 0 aliphatic rings. The first-order valence-corrected chi connectivity index (χ1v) is 8.78. The number of anilines is 1. The molecule has 6 nitrogen and oxygen atoms in total. The summed E-state index contributed by atoms with van der Waals surface area (Å²) in [5.41, 5.74) is 1.63. The van der Waals surface area contributed by atoms with Crippen molar-refractivity contribution in [3.8, 4) is 11.5 Å². The zero-order chi connectivity index (χ0) is 20.0. The summed E-state index contributed by atoms with van der Waals surface area (Å²) in [7, 11) is 1.52. The second-order valence-corrected chi connectivity index (χ2v) is 6.18. The Bertz CT molecular complexity index is 837. The van der Waals surface area contributed by atoms with Crippen LogP contribution in [-0.4, -0.2) is 25.6 Å². The third-order valence-electron chi connectivity index (χ3n) is 3.69. The molecule has 0 saturated heterocycles. The van der Waals surface area contributed by atoms with Gasteiger partial charge in [-0.25, -0.2) is 0 Å². The fraction of sp³-hybridized carbons (Fsp3) is 0.300. The molecule has 1 N–H and O–H groups in total. The molecule has 27 heavy (non-hydrogen) atoms. The van der Waals surface area contributed by atoms with Crippen molar-refractivity contribution in [2.45, 2.75) is 26.9 Å². The Kier molecular flexibility index (Phi) is 7.07. The predicted octanol–water partition coefficient (Wildman–Crippen LogP) is 4.36.